The molecule has 0 saturated heterocycles. The monoisotopic (exact) mass is 206 g/mol. The zero-order valence-corrected chi connectivity index (χ0v) is 7.54. The van der Waals surface area contributed by atoms with Crippen molar-refractivity contribution in [2.75, 3.05) is 0 Å². The molecule has 0 aliphatic carbocycles. The van der Waals surface area contributed by atoms with Gasteiger partial charge in [-0.2, -0.15) is 4.98 Å². The van der Waals surface area contributed by atoms with Crippen LogP contribution in [0.1, 0.15) is 5.56 Å². The Morgan fingerprint density at radius 3 is 3.00 bits per heavy atom. The van der Waals surface area contributed by atoms with Crippen LogP contribution >= 0.6 is 0 Å². The van der Waals surface area contributed by atoms with E-state index in [0.29, 0.717) is 16.5 Å². The molecule has 0 bridgehead atoms. The van der Waals surface area contributed by atoms with Crippen LogP contribution < -0.4 is 5.76 Å². The molecular weight excluding hydrogens is 200 g/mol. The molecule has 1 heterocycles. The summed E-state index contributed by atoms with van der Waals surface area (Å²) in [4.78, 5) is 24.3. The predicted molar refractivity (Wildman–Crippen MR) is 51.0 cm³/mol. The van der Waals surface area contributed by atoms with Gasteiger partial charge in [0.2, 0.25) is 6.54 Å². The average molecular weight is 206 g/mol. The number of rotatable bonds is 2. The summed E-state index contributed by atoms with van der Waals surface area (Å²) in [5, 5.41) is 10.9. The number of fused-ring (bicyclic) bond motifs is 1. The van der Waals surface area contributed by atoms with Crippen molar-refractivity contribution in [3.63, 3.8) is 0 Å². The van der Waals surface area contributed by atoms with Crippen molar-refractivity contribution in [2.24, 2.45) is 0 Å². The van der Waals surface area contributed by atoms with Gasteiger partial charge in [0.15, 0.2) is 0 Å². The Bertz CT molecular complexity index is 576. The highest BCUT2D eigenvalue weighted by atomic mass is 16.6. The summed E-state index contributed by atoms with van der Waals surface area (Å²) >= 11 is 0. The Hall–Kier alpha value is -2.24. The molecule has 1 aromatic carbocycles. The third-order valence-corrected chi connectivity index (χ3v) is 1.96. The van der Waals surface area contributed by atoms with Crippen LogP contribution in [0.4, 0.5) is 0 Å². The molecule has 0 saturated carbocycles. The molecule has 0 fully saturated rings. The zero-order valence-electron chi connectivity index (χ0n) is 7.54. The van der Waals surface area contributed by atoms with Gasteiger partial charge < -0.3 is 4.42 Å². The molecule has 6 heteroatoms. The first-order chi connectivity index (χ1) is 7.16. The van der Waals surface area contributed by atoms with Gasteiger partial charge in [0.05, 0.1) is 5.52 Å². The molecule has 76 valence electrons. The smallest absolute Gasteiger partial charge is 0.416 e. The van der Waals surface area contributed by atoms with Crippen LogP contribution in [0.25, 0.3) is 10.9 Å². The minimum atomic E-state index is -0.708. The zero-order chi connectivity index (χ0) is 10.8. The number of benzene rings is 1. The lowest BCUT2D eigenvalue weighted by Crippen LogP contribution is -2.05. The maximum atomic E-state index is 10.8. The second-order valence-electron chi connectivity index (χ2n) is 2.95. The van der Waals surface area contributed by atoms with E-state index in [2.05, 4.69) is 9.40 Å². The van der Waals surface area contributed by atoms with Crippen molar-refractivity contribution >= 4 is 10.9 Å². The molecule has 2 aromatic rings. The van der Waals surface area contributed by atoms with Gasteiger partial charge in [0, 0.05) is 15.9 Å². The highest BCUT2D eigenvalue weighted by molar-refractivity contribution is 5.80. The lowest BCUT2D eigenvalue weighted by atomic mass is 10.1. The van der Waals surface area contributed by atoms with Gasteiger partial charge in [-0.1, -0.05) is 12.1 Å². The lowest BCUT2D eigenvalue weighted by molar-refractivity contribution is -0.496. The van der Waals surface area contributed by atoms with Gasteiger partial charge >= 0.3 is 5.76 Å². The molecule has 0 radical (unpaired) electrons. The van der Waals surface area contributed by atoms with Gasteiger partial charge in [0.1, 0.15) is 6.26 Å². The summed E-state index contributed by atoms with van der Waals surface area (Å²) < 4.78 is 4.57. The molecule has 0 atom stereocenters. The Kier molecular flexibility index (Phi) is 2.17. The average Bonchev–Trinajstić information content (AvgIpc) is 2.16. The van der Waals surface area contributed by atoms with Crippen LogP contribution in [-0.4, -0.2) is 9.91 Å². The molecule has 1 aromatic heterocycles. The van der Waals surface area contributed by atoms with Crippen molar-refractivity contribution < 1.29 is 9.34 Å². The number of hydrogen-bond donors (Lipinski definition) is 0. The van der Waals surface area contributed by atoms with E-state index in [0.717, 1.165) is 0 Å². The molecule has 0 aliphatic heterocycles. The van der Waals surface area contributed by atoms with Crippen LogP contribution in [0.5, 0.6) is 0 Å². The third kappa shape index (κ3) is 1.83. The topological polar surface area (TPSA) is 86.2 Å². The summed E-state index contributed by atoms with van der Waals surface area (Å²) in [5.74, 6) is -0.708. The summed E-state index contributed by atoms with van der Waals surface area (Å²) in [7, 11) is 0. The van der Waals surface area contributed by atoms with E-state index < -0.39 is 10.7 Å². The van der Waals surface area contributed by atoms with Gasteiger partial charge in [-0.3, -0.25) is 10.1 Å². The highest BCUT2D eigenvalue weighted by Gasteiger charge is 2.08. The summed E-state index contributed by atoms with van der Waals surface area (Å²) in [5.41, 5.74) is 0.888. The maximum absolute atomic E-state index is 10.8. The molecular formula is C9H6N2O4. The first kappa shape index (κ1) is 9.32. The Balaban J connectivity index is 2.65. The van der Waals surface area contributed by atoms with E-state index in [1.165, 1.54) is 6.26 Å². The summed E-state index contributed by atoms with van der Waals surface area (Å²) in [6.45, 7) is -0.313. The summed E-state index contributed by atoms with van der Waals surface area (Å²) in [6, 6.07) is 4.83. The number of aromatic nitrogens is 1. The van der Waals surface area contributed by atoms with Crippen molar-refractivity contribution in [1.82, 2.24) is 4.98 Å². The fourth-order valence-corrected chi connectivity index (χ4v) is 1.34. The van der Waals surface area contributed by atoms with Crippen molar-refractivity contribution in [3.05, 3.63) is 50.7 Å². The number of hydrogen-bond acceptors (Lipinski definition) is 5. The molecule has 2 rings (SSSR count). The normalized spacial score (nSPS) is 10.4. The molecule has 0 unspecified atom stereocenters. The fourth-order valence-electron chi connectivity index (χ4n) is 1.34. The quantitative estimate of drug-likeness (QED) is 0.539. The van der Waals surface area contributed by atoms with Crippen molar-refractivity contribution in [2.45, 2.75) is 6.54 Å². The number of nitro groups is 1. The van der Waals surface area contributed by atoms with Crippen LogP contribution in [0.2, 0.25) is 0 Å². The first-order valence-corrected chi connectivity index (χ1v) is 4.16. The Morgan fingerprint density at radius 2 is 2.27 bits per heavy atom. The molecule has 6 nitrogen and oxygen atoms in total. The van der Waals surface area contributed by atoms with Gasteiger partial charge in [0.25, 0.3) is 0 Å². The van der Waals surface area contributed by atoms with Crippen molar-refractivity contribution in [1.29, 1.82) is 0 Å². The lowest BCUT2D eigenvalue weighted by Gasteiger charge is -1.99. The SMILES string of the molecule is O=c1nc2cccc(C[N+](=O)[O-])c2co1. The van der Waals surface area contributed by atoms with Crippen LogP contribution in [0, 0.1) is 10.1 Å². The van der Waals surface area contributed by atoms with E-state index in [1.54, 1.807) is 18.2 Å². The maximum Gasteiger partial charge on any atom is 0.439 e. The van der Waals surface area contributed by atoms with Gasteiger partial charge in [-0.15, -0.1) is 0 Å². The fraction of sp³-hybridized carbons (Fsp3) is 0.111. The van der Waals surface area contributed by atoms with Crippen LogP contribution in [-0.2, 0) is 6.54 Å². The highest BCUT2D eigenvalue weighted by Crippen LogP contribution is 2.15. The molecule has 0 spiro atoms. The van der Waals surface area contributed by atoms with Crippen LogP contribution in [0.15, 0.2) is 33.7 Å². The van der Waals surface area contributed by atoms with E-state index in [9.17, 15) is 14.9 Å². The van der Waals surface area contributed by atoms with E-state index >= 15 is 0 Å². The largest absolute Gasteiger partial charge is 0.439 e. The van der Waals surface area contributed by atoms with Crippen molar-refractivity contribution in [3.8, 4) is 0 Å². The third-order valence-electron chi connectivity index (χ3n) is 1.96. The Labute approximate surface area is 83.3 Å². The second kappa shape index (κ2) is 3.49. The van der Waals surface area contributed by atoms with E-state index in [4.69, 9.17) is 0 Å². The van der Waals surface area contributed by atoms with Gasteiger partial charge in [-0.25, -0.2) is 4.79 Å². The van der Waals surface area contributed by atoms with E-state index in [-0.39, 0.29) is 6.54 Å². The molecule has 0 N–H and O–H groups in total. The number of nitrogens with zero attached hydrogens (tertiary/aromatic N) is 2. The van der Waals surface area contributed by atoms with E-state index in [1.807, 2.05) is 0 Å². The van der Waals surface area contributed by atoms with Gasteiger partial charge in [-0.05, 0) is 6.07 Å². The Morgan fingerprint density at radius 1 is 1.47 bits per heavy atom. The van der Waals surface area contributed by atoms with Crippen LogP contribution in [0.3, 0.4) is 0 Å². The minimum Gasteiger partial charge on any atom is -0.416 e. The predicted octanol–water partition coefficient (Wildman–Crippen LogP) is 0.965. The standard InChI is InChI=1S/C9H6N2O4/c12-9-10-8-3-1-2-6(4-11(13)14)7(8)5-15-9/h1-3,5H,4H2. The summed E-state index contributed by atoms with van der Waals surface area (Å²) in [6.07, 6.45) is 1.20. The molecule has 0 amide bonds. The first-order valence-electron chi connectivity index (χ1n) is 4.16. The molecule has 0 aliphatic rings. The molecule has 15 heavy (non-hydrogen) atoms. The minimum absolute atomic E-state index is 0.313. The second-order valence-corrected chi connectivity index (χ2v) is 2.95.